The van der Waals surface area contributed by atoms with Crippen LogP contribution in [-0.4, -0.2) is 18.9 Å². The summed E-state index contributed by atoms with van der Waals surface area (Å²) in [6, 6.07) is 0. The highest BCUT2D eigenvalue weighted by molar-refractivity contribution is 5.96. The number of nitrogens with one attached hydrogen (secondary N) is 2. The summed E-state index contributed by atoms with van der Waals surface area (Å²) < 4.78 is 0. The van der Waals surface area contributed by atoms with Crippen molar-refractivity contribution in [3.63, 3.8) is 0 Å². The Balaban J connectivity index is 2.19. The molecule has 1 aliphatic carbocycles. The molecule has 1 unspecified atom stereocenters. The van der Waals surface area contributed by atoms with E-state index >= 15 is 0 Å². The molecule has 13 heavy (non-hydrogen) atoms. The monoisotopic (exact) mass is 180 g/mol. The molecule has 0 aromatic heterocycles. The van der Waals surface area contributed by atoms with Gasteiger partial charge in [0.25, 0.3) is 0 Å². The van der Waals surface area contributed by atoms with Crippen LogP contribution < -0.4 is 10.6 Å². The van der Waals surface area contributed by atoms with E-state index in [0.717, 1.165) is 43.7 Å². The van der Waals surface area contributed by atoms with E-state index in [1.807, 2.05) is 0 Å². The first-order valence-corrected chi connectivity index (χ1v) is 5.01. The fourth-order valence-electron chi connectivity index (χ4n) is 1.99. The normalized spacial score (nSPS) is 28.7. The van der Waals surface area contributed by atoms with Crippen LogP contribution in [0.4, 0.5) is 0 Å². The Labute approximate surface area is 78.6 Å². The number of rotatable bonds is 0. The minimum Gasteiger partial charge on any atom is -0.370 e. The van der Waals surface area contributed by atoms with Gasteiger partial charge in [0, 0.05) is 25.1 Å². The SMILES string of the molecule is CC1CCC(=O)C(=C2NCCN2)C1. The summed E-state index contributed by atoms with van der Waals surface area (Å²) in [5.41, 5.74) is 0.997. The first kappa shape index (κ1) is 8.60. The lowest BCUT2D eigenvalue weighted by Gasteiger charge is -2.21. The number of carbonyl (C=O) groups excluding carboxylic acids is 1. The molecule has 1 heterocycles. The van der Waals surface area contributed by atoms with Gasteiger partial charge in [0.1, 0.15) is 5.82 Å². The van der Waals surface area contributed by atoms with Crippen molar-refractivity contribution in [1.82, 2.24) is 10.6 Å². The van der Waals surface area contributed by atoms with E-state index in [9.17, 15) is 4.79 Å². The minimum atomic E-state index is 0.329. The number of allylic oxidation sites excluding steroid dienone is 1. The van der Waals surface area contributed by atoms with E-state index in [4.69, 9.17) is 0 Å². The van der Waals surface area contributed by atoms with Gasteiger partial charge in [0.15, 0.2) is 5.78 Å². The first-order chi connectivity index (χ1) is 6.27. The van der Waals surface area contributed by atoms with Gasteiger partial charge >= 0.3 is 0 Å². The topological polar surface area (TPSA) is 41.1 Å². The molecule has 1 saturated heterocycles. The van der Waals surface area contributed by atoms with Crippen LogP contribution in [0, 0.1) is 5.92 Å². The van der Waals surface area contributed by atoms with Crippen LogP contribution in [0.2, 0.25) is 0 Å². The van der Waals surface area contributed by atoms with Crippen molar-refractivity contribution in [1.29, 1.82) is 0 Å². The van der Waals surface area contributed by atoms with Crippen molar-refractivity contribution >= 4 is 5.78 Å². The van der Waals surface area contributed by atoms with Crippen molar-refractivity contribution in [3.8, 4) is 0 Å². The van der Waals surface area contributed by atoms with Crippen LogP contribution in [0.5, 0.6) is 0 Å². The first-order valence-electron chi connectivity index (χ1n) is 5.01. The van der Waals surface area contributed by atoms with Crippen LogP contribution in [0.25, 0.3) is 0 Å². The quantitative estimate of drug-likeness (QED) is 0.541. The number of hydrogen-bond donors (Lipinski definition) is 2. The molecule has 3 nitrogen and oxygen atoms in total. The van der Waals surface area contributed by atoms with Crippen molar-refractivity contribution in [2.24, 2.45) is 5.92 Å². The standard InChI is InChI=1S/C10H16N2O/c1-7-2-3-9(13)8(6-7)10-11-4-5-12-10/h7,11-12H,2-6H2,1H3. The van der Waals surface area contributed by atoms with E-state index in [0.29, 0.717) is 11.7 Å². The Morgan fingerprint density at radius 1 is 1.31 bits per heavy atom. The van der Waals surface area contributed by atoms with Gasteiger partial charge in [-0.2, -0.15) is 0 Å². The van der Waals surface area contributed by atoms with Gasteiger partial charge in [-0.1, -0.05) is 6.92 Å². The number of hydrogen-bond acceptors (Lipinski definition) is 3. The molecule has 72 valence electrons. The highest BCUT2D eigenvalue weighted by Gasteiger charge is 2.24. The Hall–Kier alpha value is -0.990. The second-order valence-corrected chi connectivity index (χ2v) is 3.98. The predicted octanol–water partition coefficient (Wildman–Crippen LogP) is 0.780. The molecular weight excluding hydrogens is 164 g/mol. The lowest BCUT2D eigenvalue weighted by atomic mass is 9.86. The van der Waals surface area contributed by atoms with Crippen LogP contribution in [0.1, 0.15) is 26.2 Å². The van der Waals surface area contributed by atoms with E-state index in [1.165, 1.54) is 0 Å². The van der Waals surface area contributed by atoms with E-state index in [-0.39, 0.29) is 0 Å². The number of carbonyl (C=O) groups is 1. The average Bonchev–Trinajstić information content (AvgIpc) is 2.61. The summed E-state index contributed by atoms with van der Waals surface area (Å²) >= 11 is 0. The molecule has 0 amide bonds. The molecule has 2 aliphatic rings. The fourth-order valence-corrected chi connectivity index (χ4v) is 1.99. The summed E-state index contributed by atoms with van der Waals surface area (Å²) in [7, 11) is 0. The number of ketones is 1. The molecule has 2 N–H and O–H groups in total. The highest BCUT2D eigenvalue weighted by Crippen LogP contribution is 2.26. The molecular formula is C10H16N2O. The van der Waals surface area contributed by atoms with E-state index in [2.05, 4.69) is 17.6 Å². The third-order valence-corrected chi connectivity index (χ3v) is 2.78. The zero-order chi connectivity index (χ0) is 9.26. The van der Waals surface area contributed by atoms with Gasteiger partial charge in [0.2, 0.25) is 0 Å². The molecule has 0 aromatic carbocycles. The second kappa shape index (κ2) is 3.40. The van der Waals surface area contributed by atoms with Crippen LogP contribution >= 0.6 is 0 Å². The molecule has 2 rings (SSSR count). The maximum atomic E-state index is 11.6. The summed E-state index contributed by atoms with van der Waals surface area (Å²) in [6.45, 7) is 4.10. The molecule has 0 bridgehead atoms. The fraction of sp³-hybridized carbons (Fsp3) is 0.700. The smallest absolute Gasteiger partial charge is 0.162 e. The lowest BCUT2D eigenvalue weighted by Crippen LogP contribution is -2.23. The van der Waals surface area contributed by atoms with Crippen molar-refractivity contribution in [2.75, 3.05) is 13.1 Å². The highest BCUT2D eigenvalue weighted by atomic mass is 16.1. The maximum absolute atomic E-state index is 11.6. The zero-order valence-electron chi connectivity index (χ0n) is 8.02. The molecule has 2 fully saturated rings. The van der Waals surface area contributed by atoms with Crippen molar-refractivity contribution < 1.29 is 4.79 Å². The zero-order valence-corrected chi connectivity index (χ0v) is 8.02. The minimum absolute atomic E-state index is 0.329. The maximum Gasteiger partial charge on any atom is 0.162 e. The largest absolute Gasteiger partial charge is 0.370 e. The Bertz CT molecular complexity index is 250. The van der Waals surface area contributed by atoms with Crippen LogP contribution in [0.3, 0.4) is 0 Å². The third-order valence-electron chi connectivity index (χ3n) is 2.78. The molecule has 3 heteroatoms. The summed E-state index contributed by atoms with van der Waals surface area (Å²) in [5.74, 6) is 1.98. The summed E-state index contributed by atoms with van der Waals surface area (Å²) in [6.07, 6.45) is 2.72. The van der Waals surface area contributed by atoms with Crippen LogP contribution in [-0.2, 0) is 4.79 Å². The molecule has 1 atom stereocenters. The van der Waals surface area contributed by atoms with Gasteiger partial charge in [0.05, 0.1) is 0 Å². The predicted molar refractivity (Wildman–Crippen MR) is 51.1 cm³/mol. The van der Waals surface area contributed by atoms with Crippen LogP contribution in [0.15, 0.2) is 11.4 Å². The van der Waals surface area contributed by atoms with Gasteiger partial charge in [-0.05, 0) is 18.8 Å². The Kier molecular flexibility index (Phi) is 2.25. The van der Waals surface area contributed by atoms with Gasteiger partial charge in [-0.3, -0.25) is 4.79 Å². The lowest BCUT2D eigenvalue weighted by molar-refractivity contribution is -0.117. The molecule has 1 aliphatic heterocycles. The van der Waals surface area contributed by atoms with Crippen molar-refractivity contribution in [3.05, 3.63) is 11.4 Å². The van der Waals surface area contributed by atoms with Gasteiger partial charge in [-0.15, -0.1) is 0 Å². The summed E-state index contributed by atoms with van der Waals surface area (Å²) in [5, 5.41) is 6.45. The van der Waals surface area contributed by atoms with Gasteiger partial charge in [-0.25, -0.2) is 0 Å². The third kappa shape index (κ3) is 1.69. The molecule has 0 spiro atoms. The Morgan fingerprint density at radius 3 is 2.69 bits per heavy atom. The molecule has 0 radical (unpaired) electrons. The summed E-state index contributed by atoms with van der Waals surface area (Å²) in [4.78, 5) is 11.6. The molecule has 0 aromatic rings. The van der Waals surface area contributed by atoms with Gasteiger partial charge < -0.3 is 10.6 Å². The van der Waals surface area contributed by atoms with E-state index in [1.54, 1.807) is 0 Å². The Morgan fingerprint density at radius 2 is 2.00 bits per heavy atom. The van der Waals surface area contributed by atoms with E-state index < -0.39 is 0 Å². The second-order valence-electron chi connectivity index (χ2n) is 3.98. The number of Topliss-reactive ketones (excluding diaryl/α,β-unsaturated/α-hetero) is 1. The molecule has 1 saturated carbocycles. The average molecular weight is 180 g/mol. The van der Waals surface area contributed by atoms with Crippen molar-refractivity contribution in [2.45, 2.75) is 26.2 Å².